The first kappa shape index (κ1) is 17.8. The molecule has 1 aromatic carbocycles. The molecule has 24 heavy (non-hydrogen) atoms. The van der Waals surface area contributed by atoms with Gasteiger partial charge in [0.25, 0.3) is 11.6 Å². The van der Waals surface area contributed by atoms with Gasteiger partial charge in [-0.15, -0.1) is 17.5 Å². The monoisotopic (exact) mass is 352 g/mol. The van der Waals surface area contributed by atoms with Crippen LogP contribution in [0.4, 0.5) is 5.69 Å². The summed E-state index contributed by atoms with van der Waals surface area (Å²) in [4.78, 5) is 22.5. The number of rotatable bonds is 4. The second-order valence-electron chi connectivity index (χ2n) is 5.34. The average Bonchev–Trinajstić information content (AvgIpc) is 3.06. The highest BCUT2D eigenvalue weighted by Crippen LogP contribution is 2.16. The Morgan fingerprint density at radius 3 is 3.00 bits per heavy atom. The molecule has 10 heteroatoms. The number of carbonyl (C=O) groups excluding carboxylic acids is 1. The maximum absolute atomic E-state index is 12.2. The van der Waals surface area contributed by atoms with Crippen LogP contribution < -0.4 is 10.6 Å². The fourth-order valence-electron chi connectivity index (χ4n) is 2.48. The second kappa shape index (κ2) is 7.84. The highest BCUT2D eigenvalue weighted by molar-refractivity contribution is 5.92. The molecule has 9 nitrogen and oxygen atoms in total. The maximum atomic E-state index is 12.2. The lowest BCUT2D eigenvalue weighted by Crippen LogP contribution is -2.45. The lowest BCUT2D eigenvalue weighted by molar-refractivity contribution is -0.384. The first-order valence-electron chi connectivity index (χ1n) is 7.32. The molecule has 1 amide bonds. The molecule has 0 aliphatic carbocycles. The number of halogens is 1. The summed E-state index contributed by atoms with van der Waals surface area (Å²) in [5.74, 6) is -0.296. The van der Waals surface area contributed by atoms with Crippen molar-refractivity contribution in [2.24, 2.45) is 0 Å². The molecule has 0 radical (unpaired) electrons. The van der Waals surface area contributed by atoms with Crippen LogP contribution >= 0.6 is 12.4 Å². The molecule has 2 N–H and O–H groups in total. The van der Waals surface area contributed by atoms with E-state index >= 15 is 0 Å². The largest absolute Gasteiger partial charge is 0.347 e. The van der Waals surface area contributed by atoms with E-state index in [1.165, 1.54) is 23.0 Å². The van der Waals surface area contributed by atoms with Gasteiger partial charge in [-0.1, -0.05) is 11.3 Å². The van der Waals surface area contributed by atoms with E-state index in [9.17, 15) is 14.9 Å². The average molecular weight is 353 g/mol. The summed E-state index contributed by atoms with van der Waals surface area (Å²) in [6, 6.07) is 6.07. The predicted molar refractivity (Wildman–Crippen MR) is 88.6 cm³/mol. The zero-order chi connectivity index (χ0) is 16.2. The predicted octanol–water partition coefficient (Wildman–Crippen LogP) is 1.08. The number of hydrogen-bond donors (Lipinski definition) is 2. The summed E-state index contributed by atoms with van der Waals surface area (Å²) in [6.45, 7) is 1.71. The normalized spacial score (nSPS) is 16.9. The van der Waals surface area contributed by atoms with Crippen LogP contribution in [0.25, 0.3) is 5.69 Å². The zero-order valence-corrected chi connectivity index (χ0v) is 13.5. The van der Waals surface area contributed by atoms with Gasteiger partial charge in [-0.05, 0) is 25.5 Å². The highest BCUT2D eigenvalue weighted by atomic mass is 35.5. The second-order valence-corrected chi connectivity index (χ2v) is 5.34. The van der Waals surface area contributed by atoms with Gasteiger partial charge in [-0.3, -0.25) is 14.9 Å². The van der Waals surface area contributed by atoms with Gasteiger partial charge >= 0.3 is 0 Å². The summed E-state index contributed by atoms with van der Waals surface area (Å²) in [6.07, 6.45) is 3.41. The van der Waals surface area contributed by atoms with E-state index in [1.54, 1.807) is 12.1 Å². The minimum Gasteiger partial charge on any atom is -0.347 e. The fraction of sp³-hybridized carbons (Fsp3) is 0.357. The molecule has 2 aromatic rings. The number of nitro benzene ring substituents is 1. The Morgan fingerprint density at radius 1 is 1.46 bits per heavy atom. The number of aromatic nitrogens is 3. The Labute approximate surface area is 144 Å². The van der Waals surface area contributed by atoms with Crippen LogP contribution in [0.2, 0.25) is 0 Å². The molecule has 0 bridgehead atoms. The molecule has 128 valence electrons. The van der Waals surface area contributed by atoms with Gasteiger partial charge in [0, 0.05) is 24.7 Å². The Kier molecular flexibility index (Phi) is 5.83. The third-order valence-corrected chi connectivity index (χ3v) is 3.66. The first-order chi connectivity index (χ1) is 11.1. The van der Waals surface area contributed by atoms with Gasteiger partial charge in [0.2, 0.25) is 0 Å². The summed E-state index contributed by atoms with van der Waals surface area (Å²) in [7, 11) is 0. The van der Waals surface area contributed by atoms with Crippen molar-refractivity contribution >= 4 is 24.0 Å². The van der Waals surface area contributed by atoms with Crippen molar-refractivity contribution in [1.29, 1.82) is 0 Å². The van der Waals surface area contributed by atoms with Crippen molar-refractivity contribution < 1.29 is 9.72 Å². The SMILES string of the molecule is Cl.O=C(NC1CCCNC1)c1cn(-c2cccc([N+](=O)[O-])c2)nn1. The van der Waals surface area contributed by atoms with Gasteiger partial charge in [-0.2, -0.15) is 0 Å². The van der Waals surface area contributed by atoms with Gasteiger partial charge in [-0.25, -0.2) is 4.68 Å². The number of non-ortho nitro benzene ring substituents is 1. The van der Waals surface area contributed by atoms with Crippen LogP contribution in [0.5, 0.6) is 0 Å². The summed E-state index contributed by atoms with van der Waals surface area (Å²) >= 11 is 0. The van der Waals surface area contributed by atoms with Crippen molar-refractivity contribution in [3.05, 3.63) is 46.3 Å². The molecule has 1 fully saturated rings. The number of nitrogens with zero attached hydrogens (tertiary/aromatic N) is 4. The van der Waals surface area contributed by atoms with Gasteiger partial charge in [0.1, 0.15) is 0 Å². The molecule has 1 atom stereocenters. The molecular weight excluding hydrogens is 336 g/mol. The van der Waals surface area contributed by atoms with Crippen LogP contribution in [-0.4, -0.2) is 45.0 Å². The zero-order valence-electron chi connectivity index (χ0n) is 12.7. The van der Waals surface area contributed by atoms with E-state index in [2.05, 4.69) is 20.9 Å². The Bertz CT molecular complexity index is 729. The van der Waals surface area contributed by atoms with E-state index in [-0.39, 0.29) is 35.7 Å². The lowest BCUT2D eigenvalue weighted by atomic mass is 10.1. The Balaban J connectivity index is 0.00000208. The molecule has 1 unspecified atom stereocenters. The number of amides is 1. The van der Waals surface area contributed by atoms with Crippen molar-refractivity contribution in [3.63, 3.8) is 0 Å². The van der Waals surface area contributed by atoms with E-state index in [1.807, 2.05) is 0 Å². The molecule has 2 heterocycles. The highest BCUT2D eigenvalue weighted by Gasteiger charge is 2.19. The quantitative estimate of drug-likeness (QED) is 0.628. The summed E-state index contributed by atoms with van der Waals surface area (Å²) < 4.78 is 1.35. The molecule has 1 saturated heterocycles. The number of benzene rings is 1. The molecule has 0 spiro atoms. The Hall–Kier alpha value is -2.52. The first-order valence-corrected chi connectivity index (χ1v) is 7.32. The van der Waals surface area contributed by atoms with Crippen molar-refractivity contribution in [2.75, 3.05) is 13.1 Å². The number of piperidine rings is 1. The van der Waals surface area contributed by atoms with Crippen LogP contribution in [0, 0.1) is 10.1 Å². The van der Waals surface area contributed by atoms with E-state index < -0.39 is 4.92 Å². The Morgan fingerprint density at radius 2 is 2.29 bits per heavy atom. The van der Waals surface area contributed by atoms with Crippen LogP contribution in [-0.2, 0) is 0 Å². The summed E-state index contributed by atoms with van der Waals surface area (Å²) in [5, 5.41) is 24.6. The van der Waals surface area contributed by atoms with Gasteiger partial charge in [0.15, 0.2) is 5.69 Å². The number of nitro groups is 1. The van der Waals surface area contributed by atoms with Crippen LogP contribution in [0.3, 0.4) is 0 Å². The van der Waals surface area contributed by atoms with Crippen LogP contribution in [0.15, 0.2) is 30.5 Å². The molecule has 1 aromatic heterocycles. The van der Waals surface area contributed by atoms with E-state index in [4.69, 9.17) is 0 Å². The lowest BCUT2D eigenvalue weighted by Gasteiger charge is -2.23. The fourth-order valence-corrected chi connectivity index (χ4v) is 2.48. The number of carbonyl (C=O) groups is 1. The van der Waals surface area contributed by atoms with Crippen LogP contribution in [0.1, 0.15) is 23.3 Å². The van der Waals surface area contributed by atoms with Crippen molar-refractivity contribution in [2.45, 2.75) is 18.9 Å². The van der Waals surface area contributed by atoms with Gasteiger partial charge in [0.05, 0.1) is 16.8 Å². The minimum atomic E-state index is -0.482. The van der Waals surface area contributed by atoms with Gasteiger partial charge < -0.3 is 10.6 Å². The molecule has 1 aliphatic rings. The maximum Gasteiger partial charge on any atom is 0.273 e. The number of hydrogen-bond acceptors (Lipinski definition) is 6. The van der Waals surface area contributed by atoms with E-state index in [0.29, 0.717) is 5.69 Å². The smallest absolute Gasteiger partial charge is 0.273 e. The van der Waals surface area contributed by atoms with Crippen molar-refractivity contribution in [1.82, 2.24) is 25.6 Å². The summed E-state index contributed by atoms with van der Waals surface area (Å²) in [5.41, 5.74) is 0.615. The standard InChI is InChI=1S/C14H16N6O3.ClH/c21-14(16-10-3-2-6-15-8-10)13-9-19(18-17-13)11-4-1-5-12(7-11)20(22)23;/h1,4-5,7,9-10,15H,2-3,6,8H2,(H,16,21);1H. The topological polar surface area (TPSA) is 115 Å². The third kappa shape index (κ3) is 4.06. The third-order valence-electron chi connectivity index (χ3n) is 3.66. The number of nitrogens with one attached hydrogen (secondary N) is 2. The minimum absolute atomic E-state index is 0. The molecule has 3 rings (SSSR count). The van der Waals surface area contributed by atoms with Crippen molar-refractivity contribution in [3.8, 4) is 5.69 Å². The molecular formula is C14H17ClN6O3. The molecule has 1 aliphatic heterocycles. The van der Waals surface area contributed by atoms with E-state index in [0.717, 1.165) is 25.9 Å². The molecule has 0 saturated carbocycles.